The van der Waals surface area contributed by atoms with Crippen molar-refractivity contribution in [1.29, 1.82) is 0 Å². The average molecular weight is 388 g/mol. The molecule has 5 rings (SSSR count). The first-order chi connectivity index (χ1) is 14.2. The first-order valence-corrected chi connectivity index (χ1v) is 9.80. The predicted octanol–water partition coefficient (Wildman–Crippen LogP) is 2.95. The number of nitrogens with zero attached hydrogens (tertiary/aromatic N) is 3. The summed E-state index contributed by atoms with van der Waals surface area (Å²) in [5.41, 5.74) is 2.82. The van der Waals surface area contributed by atoms with Crippen LogP contribution < -0.4 is 10.2 Å². The Labute approximate surface area is 167 Å². The van der Waals surface area contributed by atoms with Gasteiger partial charge in [-0.3, -0.25) is 4.79 Å². The number of ether oxygens (including phenoxy) is 1. The van der Waals surface area contributed by atoms with Crippen LogP contribution in [0.4, 0.5) is 11.6 Å². The van der Waals surface area contributed by atoms with Gasteiger partial charge in [-0.1, -0.05) is 30.3 Å². The number of fused-ring (bicyclic) bond motifs is 2. The van der Waals surface area contributed by atoms with Gasteiger partial charge in [0.2, 0.25) is 0 Å². The molecule has 1 fully saturated rings. The van der Waals surface area contributed by atoms with Gasteiger partial charge in [-0.15, -0.1) is 0 Å². The molecule has 29 heavy (non-hydrogen) atoms. The van der Waals surface area contributed by atoms with Crippen LogP contribution in [-0.4, -0.2) is 41.0 Å². The molecule has 0 aliphatic carbocycles. The summed E-state index contributed by atoms with van der Waals surface area (Å²) >= 11 is 0. The Bertz CT molecular complexity index is 1110. The fourth-order valence-electron chi connectivity index (χ4n) is 3.90. The summed E-state index contributed by atoms with van der Waals surface area (Å²) in [5, 5.41) is 2.87. The Morgan fingerprint density at radius 2 is 1.69 bits per heavy atom. The van der Waals surface area contributed by atoms with Crippen molar-refractivity contribution in [3.8, 4) is 0 Å². The highest BCUT2D eigenvalue weighted by Gasteiger charge is 2.32. The van der Waals surface area contributed by atoms with E-state index >= 15 is 0 Å². The maximum absolute atomic E-state index is 13.0. The molecule has 1 saturated heterocycles. The van der Waals surface area contributed by atoms with E-state index in [0.717, 1.165) is 37.0 Å². The van der Waals surface area contributed by atoms with Crippen LogP contribution in [0.15, 0.2) is 48.5 Å². The summed E-state index contributed by atoms with van der Waals surface area (Å²) < 4.78 is 5.39. The SMILES string of the molecule is O=C1O[C@@H](C(=O)Nc2nc3ccccc3nc2N2CCCC2)Cc2ccccc21. The number of amides is 1. The lowest BCUT2D eigenvalue weighted by atomic mass is 9.98. The van der Waals surface area contributed by atoms with Crippen LogP contribution in [0.2, 0.25) is 0 Å². The first-order valence-electron chi connectivity index (χ1n) is 9.80. The lowest BCUT2D eigenvalue weighted by Gasteiger charge is -2.25. The predicted molar refractivity (Wildman–Crippen MR) is 109 cm³/mol. The van der Waals surface area contributed by atoms with E-state index < -0.39 is 18.0 Å². The third kappa shape index (κ3) is 3.29. The van der Waals surface area contributed by atoms with Crippen molar-refractivity contribution in [2.75, 3.05) is 23.3 Å². The zero-order valence-electron chi connectivity index (χ0n) is 15.8. The summed E-state index contributed by atoms with van der Waals surface area (Å²) in [6.45, 7) is 1.75. The molecule has 3 heterocycles. The Hall–Kier alpha value is -3.48. The monoisotopic (exact) mass is 388 g/mol. The zero-order chi connectivity index (χ0) is 19.8. The van der Waals surface area contributed by atoms with Gasteiger partial charge in [0.25, 0.3) is 5.91 Å². The van der Waals surface area contributed by atoms with Crippen LogP contribution in [0.5, 0.6) is 0 Å². The molecule has 0 unspecified atom stereocenters. The lowest BCUT2D eigenvalue weighted by Crippen LogP contribution is -2.38. The first kappa shape index (κ1) is 17.6. The van der Waals surface area contributed by atoms with Crippen molar-refractivity contribution in [1.82, 2.24) is 9.97 Å². The highest BCUT2D eigenvalue weighted by molar-refractivity contribution is 6.01. The summed E-state index contributed by atoms with van der Waals surface area (Å²) in [6, 6.07) is 14.8. The van der Waals surface area contributed by atoms with Crippen LogP contribution >= 0.6 is 0 Å². The molecule has 2 aliphatic rings. The summed E-state index contributed by atoms with van der Waals surface area (Å²) in [4.78, 5) is 36.7. The van der Waals surface area contributed by atoms with Gasteiger partial charge in [0.15, 0.2) is 17.7 Å². The fraction of sp³-hybridized carbons (Fsp3) is 0.273. The molecule has 1 amide bonds. The number of carbonyl (C=O) groups excluding carboxylic acids is 2. The van der Waals surface area contributed by atoms with Crippen molar-refractivity contribution < 1.29 is 14.3 Å². The highest BCUT2D eigenvalue weighted by atomic mass is 16.5. The number of rotatable bonds is 3. The van der Waals surface area contributed by atoms with E-state index in [1.54, 1.807) is 12.1 Å². The van der Waals surface area contributed by atoms with E-state index in [9.17, 15) is 9.59 Å². The maximum atomic E-state index is 13.0. The molecule has 0 radical (unpaired) electrons. The topological polar surface area (TPSA) is 84.4 Å². The van der Waals surface area contributed by atoms with Crippen LogP contribution in [0.25, 0.3) is 11.0 Å². The highest BCUT2D eigenvalue weighted by Crippen LogP contribution is 2.29. The Kier molecular flexibility index (Phi) is 4.35. The van der Waals surface area contributed by atoms with Crippen molar-refractivity contribution in [2.45, 2.75) is 25.4 Å². The molecule has 0 saturated carbocycles. The molecule has 0 spiro atoms. The van der Waals surface area contributed by atoms with Gasteiger partial charge in [-0.25, -0.2) is 14.8 Å². The molecular weight excluding hydrogens is 368 g/mol. The second-order valence-electron chi connectivity index (χ2n) is 7.32. The molecule has 2 aromatic carbocycles. The van der Waals surface area contributed by atoms with E-state index in [1.165, 1.54) is 0 Å². The largest absolute Gasteiger partial charge is 0.448 e. The third-order valence-corrected chi connectivity index (χ3v) is 5.38. The number of aromatic nitrogens is 2. The van der Waals surface area contributed by atoms with Crippen LogP contribution in [0, 0.1) is 0 Å². The number of anilines is 2. The van der Waals surface area contributed by atoms with Crippen molar-refractivity contribution in [3.05, 3.63) is 59.7 Å². The van der Waals surface area contributed by atoms with Crippen LogP contribution in [0.1, 0.15) is 28.8 Å². The number of carbonyl (C=O) groups is 2. The number of hydrogen-bond donors (Lipinski definition) is 1. The van der Waals surface area contributed by atoms with E-state index in [-0.39, 0.29) is 0 Å². The number of para-hydroxylation sites is 2. The third-order valence-electron chi connectivity index (χ3n) is 5.38. The second-order valence-corrected chi connectivity index (χ2v) is 7.32. The minimum atomic E-state index is -0.892. The number of cyclic esters (lactones) is 1. The minimum Gasteiger partial charge on any atom is -0.448 e. The lowest BCUT2D eigenvalue weighted by molar-refractivity contribution is -0.125. The Morgan fingerprint density at radius 3 is 2.48 bits per heavy atom. The molecule has 2 aliphatic heterocycles. The van der Waals surface area contributed by atoms with E-state index in [1.807, 2.05) is 36.4 Å². The second kappa shape index (κ2) is 7.16. The van der Waals surface area contributed by atoms with Crippen molar-refractivity contribution in [3.63, 3.8) is 0 Å². The van der Waals surface area contributed by atoms with E-state index in [0.29, 0.717) is 29.1 Å². The van der Waals surface area contributed by atoms with Gasteiger partial charge < -0.3 is 15.0 Å². The van der Waals surface area contributed by atoms with Gasteiger partial charge in [0, 0.05) is 19.5 Å². The molecular formula is C22H20N4O3. The van der Waals surface area contributed by atoms with Gasteiger partial charge in [0.1, 0.15) is 0 Å². The summed E-state index contributed by atoms with van der Waals surface area (Å²) in [5.74, 6) is 0.205. The minimum absolute atomic E-state index is 0.341. The Balaban J connectivity index is 1.46. The number of benzene rings is 2. The number of nitrogens with one attached hydrogen (secondary N) is 1. The van der Waals surface area contributed by atoms with Crippen LogP contribution in [0.3, 0.4) is 0 Å². The summed E-state index contributed by atoms with van der Waals surface area (Å²) in [6.07, 6.45) is 1.61. The summed E-state index contributed by atoms with van der Waals surface area (Å²) in [7, 11) is 0. The van der Waals surface area contributed by atoms with Crippen molar-refractivity contribution in [2.24, 2.45) is 0 Å². The fourth-order valence-corrected chi connectivity index (χ4v) is 3.90. The molecule has 7 heteroatoms. The van der Waals surface area contributed by atoms with E-state index in [2.05, 4.69) is 15.2 Å². The van der Waals surface area contributed by atoms with Gasteiger partial charge >= 0.3 is 5.97 Å². The molecule has 1 N–H and O–H groups in total. The van der Waals surface area contributed by atoms with Gasteiger partial charge in [-0.05, 0) is 36.6 Å². The van der Waals surface area contributed by atoms with Crippen LogP contribution in [-0.2, 0) is 16.0 Å². The molecule has 1 atom stereocenters. The molecule has 1 aromatic heterocycles. The quantitative estimate of drug-likeness (QED) is 0.695. The zero-order valence-corrected chi connectivity index (χ0v) is 15.8. The van der Waals surface area contributed by atoms with Crippen molar-refractivity contribution >= 4 is 34.5 Å². The van der Waals surface area contributed by atoms with E-state index in [4.69, 9.17) is 9.72 Å². The standard InChI is InChI=1S/C22H20N4O3/c27-21(18-13-14-7-1-2-8-15(14)22(28)29-18)25-19-20(26-11-5-6-12-26)24-17-10-4-3-9-16(17)23-19/h1-4,7-10,18H,5-6,11-13H2,(H,23,25,27)/t18-/m1/s1. The van der Waals surface area contributed by atoms with Gasteiger partial charge in [0.05, 0.1) is 16.6 Å². The Morgan fingerprint density at radius 1 is 1.00 bits per heavy atom. The average Bonchev–Trinajstić information content (AvgIpc) is 3.28. The number of hydrogen-bond acceptors (Lipinski definition) is 6. The molecule has 3 aromatic rings. The normalized spacial score (nSPS) is 18.4. The molecule has 146 valence electrons. The molecule has 0 bridgehead atoms. The molecule has 7 nitrogen and oxygen atoms in total. The maximum Gasteiger partial charge on any atom is 0.339 e. The smallest absolute Gasteiger partial charge is 0.339 e. The number of esters is 1. The van der Waals surface area contributed by atoms with Gasteiger partial charge in [-0.2, -0.15) is 0 Å².